The molecule has 1 aliphatic carbocycles. The highest BCUT2D eigenvalue weighted by atomic mass is 32.1. The second-order valence-corrected chi connectivity index (χ2v) is 6.12. The largest absolute Gasteiger partial charge is 0.391 e. The van der Waals surface area contributed by atoms with Crippen molar-refractivity contribution in [2.75, 3.05) is 0 Å². The van der Waals surface area contributed by atoms with Gasteiger partial charge in [-0.2, -0.15) is 0 Å². The third-order valence-electron chi connectivity index (χ3n) is 4.52. The van der Waals surface area contributed by atoms with Gasteiger partial charge in [0.15, 0.2) is 0 Å². The maximum atomic E-state index is 12.5. The molecule has 0 unspecified atom stereocenters. The molecule has 19 heavy (non-hydrogen) atoms. The van der Waals surface area contributed by atoms with Crippen molar-refractivity contribution in [3.63, 3.8) is 0 Å². The molecular weight excluding hydrogens is 256 g/mol. The van der Waals surface area contributed by atoms with Crippen molar-refractivity contribution in [3.05, 3.63) is 0 Å². The molecule has 0 aliphatic heterocycles. The van der Waals surface area contributed by atoms with Crippen molar-refractivity contribution >= 4 is 23.1 Å². The molecule has 0 spiro atoms. The van der Waals surface area contributed by atoms with Gasteiger partial charge >= 0.3 is 0 Å². The minimum atomic E-state index is -0.491. The van der Waals surface area contributed by atoms with Crippen LogP contribution in [-0.2, 0) is 4.79 Å². The van der Waals surface area contributed by atoms with E-state index in [0.29, 0.717) is 4.99 Å². The Morgan fingerprint density at radius 1 is 1.16 bits per heavy atom. The first-order valence-electron chi connectivity index (χ1n) is 7.67. The van der Waals surface area contributed by atoms with E-state index in [1.165, 1.54) is 19.3 Å². The average molecular weight is 284 g/mol. The lowest BCUT2D eigenvalue weighted by Gasteiger charge is -2.33. The summed E-state index contributed by atoms with van der Waals surface area (Å²) in [6.07, 6.45) is 9.69. The Morgan fingerprint density at radius 3 is 2.05 bits per heavy atom. The van der Waals surface area contributed by atoms with E-state index in [2.05, 4.69) is 5.32 Å². The van der Waals surface area contributed by atoms with Crippen LogP contribution in [0.3, 0.4) is 0 Å². The highest BCUT2D eigenvalue weighted by Crippen LogP contribution is 2.24. The summed E-state index contributed by atoms with van der Waals surface area (Å²) in [6.45, 7) is 4.06. The molecule has 1 fully saturated rings. The van der Waals surface area contributed by atoms with Crippen LogP contribution in [0.15, 0.2) is 0 Å². The Balaban J connectivity index is 2.67. The monoisotopic (exact) mass is 284 g/mol. The molecule has 1 aliphatic rings. The van der Waals surface area contributed by atoms with Crippen LogP contribution in [0.1, 0.15) is 71.6 Å². The number of rotatable bonds is 5. The number of carbonyl (C=O) groups is 1. The van der Waals surface area contributed by atoms with Crippen molar-refractivity contribution in [2.45, 2.75) is 77.2 Å². The van der Waals surface area contributed by atoms with E-state index in [9.17, 15) is 4.79 Å². The predicted molar refractivity (Wildman–Crippen MR) is 84.1 cm³/mol. The smallest absolute Gasteiger partial charge is 0.223 e. The minimum Gasteiger partial charge on any atom is -0.391 e. The molecule has 0 bridgehead atoms. The third kappa shape index (κ3) is 4.44. The number of carbonyl (C=O) groups excluding carboxylic acids is 1. The summed E-state index contributed by atoms with van der Waals surface area (Å²) >= 11 is 5.16. The normalized spacial score (nSPS) is 18.4. The van der Waals surface area contributed by atoms with Crippen molar-refractivity contribution in [1.82, 2.24) is 5.32 Å². The summed E-state index contributed by atoms with van der Waals surface area (Å²) in [4.78, 5) is 12.9. The summed E-state index contributed by atoms with van der Waals surface area (Å²) in [5, 5.41) is 3.14. The quantitative estimate of drug-likeness (QED) is 0.762. The maximum absolute atomic E-state index is 12.5. The zero-order chi connectivity index (χ0) is 14.3. The highest BCUT2D eigenvalue weighted by molar-refractivity contribution is 7.80. The molecule has 0 aromatic heterocycles. The molecular formula is C15H28N2OS. The molecule has 0 aromatic rings. The predicted octanol–water partition coefficient (Wildman–Crippen LogP) is 3.31. The van der Waals surface area contributed by atoms with Crippen molar-refractivity contribution in [3.8, 4) is 0 Å². The molecule has 1 saturated carbocycles. The lowest BCUT2D eigenvalue weighted by molar-refractivity contribution is -0.127. The molecule has 4 heteroatoms. The Labute approximate surface area is 122 Å². The molecule has 1 rings (SSSR count). The van der Waals surface area contributed by atoms with Crippen LogP contribution >= 0.6 is 12.2 Å². The van der Waals surface area contributed by atoms with Crippen molar-refractivity contribution < 1.29 is 4.79 Å². The fourth-order valence-electron chi connectivity index (χ4n) is 2.89. The standard InChI is InChI=1S/C15H28N2OS/c1-3-15(4-2,14(16)19)17-13(18)12-10-8-6-5-7-9-11-12/h12H,3-11H2,1-2H3,(H2,16,19)(H,17,18). The first-order chi connectivity index (χ1) is 9.05. The third-order valence-corrected chi connectivity index (χ3v) is 4.91. The summed E-state index contributed by atoms with van der Waals surface area (Å²) in [5.41, 5.74) is 5.35. The van der Waals surface area contributed by atoms with E-state index in [0.717, 1.165) is 38.5 Å². The lowest BCUT2D eigenvalue weighted by atomic mass is 9.87. The van der Waals surface area contributed by atoms with Gasteiger partial charge in [0.2, 0.25) is 5.91 Å². The van der Waals surface area contributed by atoms with Crippen molar-refractivity contribution in [2.24, 2.45) is 11.7 Å². The number of amides is 1. The second-order valence-electron chi connectivity index (χ2n) is 5.68. The fraction of sp³-hybridized carbons (Fsp3) is 0.867. The number of hydrogen-bond acceptors (Lipinski definition) is 2. The van der Waals surface area contributed by atoms with Gasteiger partial charge in [0.25, 0.3) is 0 Å². The fourth-order valence-corrected chi connectivity index (χ4v) is 3.23. The zero-order valence-corrected chi connectivity index (χ0v) is 13.2. The lowest BCUT2D eigenvalue weighted by Crippen LogP contribution is -2.57. The topological polar surface area (TPSA) is 55.1 Å². The molecule has 0 saturated heterocycles. The van der Waals surface area contributed by atoms with Crippen LogP contribution in [-0.4, -0.2) is 16.4 Å². The van der Waals surface area contributed by atoms with Gasteiger partial charge in [-0.25, -0.2) is 0 Å². The van der Waals surface area contributed by atoms with E-state index < -0.39 is 5.54 Å². The molecule has 1 amide bonds. The van der Waals surface area contributed by atoms with Gasteiger partial charge in [0.1, 0.15) is 0 Å². The Hall–Kier alpha value is -0.640. The second kappa shape index (κ2) is 7.83. The van der Waals surface area contributed by atoms with Gasteiger partial charge < -0.3 is 11.1 Å². The SMILES string of the molecule is CCC(CC)(NC(=O)C1CCCCCCC1)C(N)=S. The van der Waals surface area contributed by atoms with Crippen molar-refractivity contribution in [1.29, 1.82) is 0 Å². The molecule has 3 nitrogen and oxygen atoms in total. The number of thiocarbonyl (C=S) groups is 1. The Bertz CT molecular complexity index is 305. The van der Waals surface area contributed by atoms with Crippen LogP contribution in [0.4, 0.5) is 0 Å². The number of nitrogens with one attached hydrogen (secondary N) is 1. The van der Waals surface area contributed by atoms with E-state index in [4.69, 9.17) is 18.0 Å². The molecule has 3 N–H and O–H groups in total. The van der Waals surface area contributed by atoms with Crippen LogP contribution < -0.4 is 11.1 Å². The van der Waals surface area contributed by atoms with Crippen LogP contribution in [0.25, 0.3) is 0 Å². The number of nitrogens with two attached hydrogens (primary N) is 1. The molecule has 110 valence electrons. The van der Waals surface area contributed by atoms with Crippen LogP contribution in [0, 0.1) is 5.92 Å². The van der Waals surface area contributed by atoms with Gasteiger partial charge in [-0.1, -0.05) is 58.2 Å². The summed E-state index contributed by atoms with van der Waals surface area (Å²) < 4.78 is 0. The van der Waals surface area contributed by atoms with E-state index in [-0.39, 0.29) is 11.8 Å². The van der Waals surface area contributed by atoms with Crippen LogP contribution in [0.2, 0.25) is 0 Å². The zero-order valence-electron chi connectivity index (χ0n) is 12.3. The molecule has 0 atom stereocenters. The van der Waals surface area contributed by atoms with Gasteiger partial charge in [-0.3, -0.25) is 4.79 Å². The Kier molecular flexibility index (Phi) is 6.76. The van der Waals surface area contributed by atoms with Gasteiger partial charge in [-0.15, -0.1) is 0 Å². The van der Waals surface area contributed by atoms with Gasteiger partial charge in [0, 0.05) is 5.92 Å². The molecule has 0 heterocycles. The minimum absolute atomic E-state index is 0.145. The maximum Gasteiger partial charge on any atom is 0.223 e. The van der Waals surface area contributed by atoms with E-state index in [1.807, 2.05) is 13.8 Å². The summed E-state index contributed by atoms with van der Waals surface area (Å²) in [7, 11) is 0. The molecule has 0 radical (unpaired) electrons. The summed E-state index contributed by atoms with van der Waals surface area (Å²) in [6, 6.07) is 0. The highest BCUT2D eigenvalue weighted by Gasteiger charge is 2.33. The van der Waals surface area contributed by atoms with Gasteiger partial charge in [-0.05, 0) is 25.7 Å². The van der Waals surface area contributed by atoms with Gasteiger partial charge in [0.05, 0.1) is 10.5 Å². The molecule has 0 aromatic carbocycles. The summed E-state index contributed by atoms with van der Waals surface area (Å²) in [5.74, 6) is 0.297. The first-order valence-corrected chi connectivity index (χ1v) is 8.08. The first kappa shape index (κ1) is 16.4. The van der Waals surface area contributed by atoms with E-state index >= 15 is 0 Å². The van der Waals surface area contributed by atoms with E-state index in [1.54, 1.807) is 0 Å². The average Bonchev–Trinajstić information content (AvgIpc) is 2.35. The van der Waals surface area contributed by atoms with Crippen LogP contribution in [0.5, 0.6) is 0 Å². The Morgan fingerprint density at radius 2 is 1.63 bits per heavy atom. The number of hydrogen-bond donors (Lipinski definition) is 2.